The van der Waals surface area contributed by atoms with Crippen LogP contribution in [0.3, 0.4) is 0 Å². The summed E-state index contributed by atoms with van der Waals surface area (Å²) in [5.74, 6) is -0.641. The van der Waals surface area contributed by atoms with Gasteiger partial charge in [-0.2, -0.15) is 0 Å². The minimum Gasteiger partial charge on any atom is -0.507 e. The average molecular weight is 260 g/mol. The molecule has 0 atom stereocenters. The summed E-state index contributed by atoms with van der Waals surface area (Å²) in [7, 11) is 1.38. The van der Waals surface area contributed by atoms with Crippen LogP contribution in [0.5, 0.6) is 11.5 Å². The number of hydrogen-bond donors (Lipinski definition) is 1. The first-order valence-electron chi connectivity index (χ1n) is 5.54. The molecule has 96 valence electrons. The van der Waals surface area contributed by atoms with E-state index in [0.717, 1.165) is 6.07 Å². The van der Waals surface area contributed by atoms with E-state index in [-0.39, 0.29) is 22.5 Å². The number of benzene rings is 2. The molecule has 1 heterocycles. The summed E-state index contributed by atoms with van der Waals surface area (Å²) < 4.78 is 24.0. The van der Waals surface area contributed by atoms with E-state index in [1.54, 1.807) is 6.07 Å². The molecule has 1 N–H and O–H groups in total. The Bertz CT molecular complexity index is 851. The number of hydrogen-bond acceptors (Lipinski definition) is 4. The van der Waals surface area contributed by atoms with E-state index in [1.807, 2.05) is 0 Å². The number of methoxy groups -OCH3 is 1. The third-order valence-electron chi connectivity index (χ3n) is 3.00. The van der Waals surface area contributed by atoms with E-state index < -0.39 is 11.4 Å². The van der Waals surface area contributed by atoms with E-state index in [4.69, 9.17) is 9.15 Å². The summed E-state index contributed by atoms with van der Waals surface area (Å²) in [6.07, 6.45) is 0. The topological polar surface area (TPSA) is 59.7 Å². The molecule has 2 aromatic carbocycles. The van der Waals surface area contributed by atoms with Gasteiger partial charge in [0.2, 0.25) is 0 Å². The quantitative estimate of drug-likeness (QED) is 0.540. The van der Waals surface area contributed by atoms with Gasteiger partial charge in [0.15, 0.2) is 11.6 Å². The van der Waals surface area contributed by atoms with Crippen molar-refractivity contribution in [1.82, 2.24) is 0 Å². The normalized spacial score (nSPS) is 11.1. The maximum absolute atomic E-state index is 14.1. The van der Waals surface area contributed by atoms with Gasteiger partial charge in [0.05, 0.1) is 18.6 Å². The van der Waals surface area contributed by atoms with Crippen LogP contribution in [0.4, 0.5) is 4.39 Å². The van der Waals surface area contributed by atoms with Crippen molar-refractivity contribution in [2.45, 2.75) is 0 Å². The standard InChI is InChI=1S/C14H9FO4/c1-18-11-5-2-7-8(14(11)15)3-4-10-13(7)9(16)6-12(17)19-10/h2-6,16H,1H3. The van der Waals surface area contributed by atoms with Gasteiger partial charge >= 0.3 is 5.63 Å². The highest BCUT2D eigenvalue weighted by Gasteiger charge is 2.13. The molecule has 0 fully saturated rings. The minimum atomic E-state index is -0.654. The third kappa shape index (κ3) is 1.62. The molecule has 1 aromatic heterocycles. The van der Waals surface area contributed by atoms with E-state index in [9.17, 15) is 14.3 Å². The van der Waals surface area contributed by atoms with Gasteiger partial charge in [-0.3, -0.25) is 0 Å². The highest BCUT2D eigenvalue weighted by atomic mass is 19.1. The van der Waals surface area contributed by atoms with Crippen molar-refractivity contribution >= 4 is 21.7 Å². The van der Waals surface area contributed by atoms with Crippen LogP contribution in [0.15, 0.2) is 39.5 Å². The second kappa shape index (κ2) is 3.98. The molecule has 0 aliphatic heterocycles. The van der Waals surface area contributed by atoms with E-state index >= 15 is 0 Å². The van der Waals surface area contributed by atoms with Crippen LogP contribution >= 0.6 is 0 Å². The zero-order valence-corrected chi connectivity index (χ0v) is 9.94. The second-order valence-electron chi connectivity index (χ2n) is 4.07. The molecule has 4 nitrogen and oxygen atoms in total. The number of halogens is 1. The van der Waals surface area contributed by atoms with Crippen molar-refractivity contribution in [3.8, 4) is 11.5 Å². The SMILES string of the molecule is COc1ccc2c(ccc3oc(=O)cc(O)c32)c1F. The molecule has 0 bridgehead atoms. The van der Waals surface area contributed by atoms with Crippen molar-refractivity contribution in [2.75, 3.05) is 7.11 Å². The van der Waals surface area contributed by atoms with Crippen LogP contribution in [-0.4, -0.2) is 12.2 Å². The summed E-state index contributed by atoms with van der Waals surface area (Å²) in [5.41, 5.74) is -0.444. The molecule has 0 aliphatic carbocycles. The Hall–Kier alpha value is -2.56. The van der Waals surface area contributed by atoms with Gasteiger partial charge in [-0.15, -0.1) is 0 Å². The van der Waals surface area contributed by atoms with Crippen molar-refractivity contribution in [3.05, 3.63) is 46.6 Å². The zero-order valence-electron chi connectivity index (χ0n) is 9.94. The lowest BCUT2D eigenvalue weighted by molar-refractivity contribution is 0.389. The van der Waals surface area contributed by atoms with Crippen molar-refractivity contribution in [2.24, 2.45) is 0 Å². The van der Waals surface area contributed by atoms with Crippen molar-refractivity contribution < 1.29 is 18.7 Å². The highest BCUT2D eigenvalue weighted by molar-refractivity contribution is 6.08. The first-order chi connectivity index (χ1) is 9.11. The molecule has 0 spiro atoms. The predicted octanol–water partition coefficient (Wildman–Crippen LogP) is 2.80. The minimum absolute atomic E-state index is 0.115. The third-order valence-corrected chi connectivity index (χ3v) is 3.00. The van der Waals surface area contributed by atoms with Gasteiger partial charge in [0.1, 0.15) is 11.3 Å². The van der Waals surface area contributed by atoms with Crippen LogP contribution in [0.2, 0.25) is 0 Å². The molecule has 3 aromatic rings. The molecule has 19 heavy (non-hydrogen) atoms. The fourth-order valence-corrected chi connectivity index (χ4v) is 2.16. The lowest BCUT2D eigenvalue weighted by Crippen LogP contribution is -1.96. The number of ether oxygens (including phenoxy) is 1. The smallest absolute Gasteiger partial charge is 0.339 e. The molecule has 0 aliphatic rings. The molecule has 0 amide bonds. The fraction of sp³-hybridized carbons (Fsp3) is 0.0714. The van der Waals surface area contributed by atoms with E-state index in [2.05, 4.69) is 0 Å². The molecule has 3 rings (SSSR count). The molecule has 0 unspecified atom stereocenters. The van der Waals surface area contributed by atoms with Gasteiger partial charge in [-0.1, -0.05) is 0 Å². The zero-order chi connectivity index (χ0) is 13.6. The van der Waals surface area contributed by atoms with Gasteiger partial charge in [-0.25, -0.2) is 9.18 Å². The Kier molecular flexibility index (Phi) is 2.41. The van der Waals surface area contributed by atoms with Crippen LogP contribution in [0.25, 0.3) is 21.7 Å². The lowest BCUT2D eigenvalue weighted by Gasteiger charge is -2.08. The molecule has 0 saturated heterocycles. The summed E-state index contributed by atoms with van der Waals surface area (Å²) >= 11 is 0. The second-order valence-corrected chi connectivity index (χ2v) is 4.07. The largest absolute Gasteiger partial charge is 0.507 e. The Morgan fingerprint density at radius 2 is 1.95 bits per heavy atom. The average Bonchev–Trinajstić information content (AvgIpc) is 2.38. The van der Waals surface area contributed by atoms with E-state index in [1.165, 1.54) is 25.3 Å². The lowest BCUT2D eigenvalue weighted by atomic mass is 10.0. The summed E-state index contributed by atoms with van der Waals surface area (Å²) in [6, 6.07) is 6.96. The Morgan fingerprint density at radius 1 is 1.21 bits per heavy atom. The Balaban J connectivity index is 2.54. The summed E-state index contributed by atoms with van der Waals surface area (Å²) in [6.45, 7) is 0. The summed E-state index contributed by atoms with van der Waals surface area (Å²) in [5, 5.41) is 10.9. The van der Waals surface area contributed by atoms with E-state index in [0.29, 0.717) is 10.8 Å². The molecular formula is C14H9FO4. The highest BCUT2D eigenvalue weighted by Crippen LogP contribution is 2.34. The number of aromatic hydroxyl groups is 1. The maximum Gasteiger partial charge on any atom is 0.339 e. The predicted molar refractivity (Wildman–Crippen MR) is 68.2 cm³/mol. The van der Waals surface area contributed by atoms with Gasteiger partial charge < -0.3 is 14.3 Å². The van der Waals surface area contributed by atoms with Gasteiger partial charge in [0.25, 0.3) is 0 Å². The fourth-order valence-electron chi connectivity index (χ4n) is 2.16. The van der Waals surface area contributed by atoms with Crippen LogP contribution < -0.4 is 10.4 Å². The van der Waals surface area contributed by atoms with Crippen LogP contribution in [0, 0.1) is 5.82 Å². The molecular weight excluding hydrogens is 251 g/mol. The van der Waals surface area contributed by atoms with Crippen LogP contribution in [0.1, 0.15) is 0 Å². The Morgan fingerprint density at radius 3 is 2.68 bits per heavy atom. The van der Waals surface area contributed by atoms with Crippen molar-refractivity contribution in [1.29, 1.82) is 0 Å². The van der Waals surface area contributed by atoms with Gasteiger partial charge in [0, 0.05) is 5.39 Å². The van der Waals surface area contributed by atoms with Gasteiger partial charge in [-0.05, 0) is 29.7 Å². The first kappa shape index (κ1) is 11.5. The molecule has 0 saturated carbocycles. The number of rotatable bonds is 1. The maximum atomic E-state index is 14.1. The van der Waals surface area contributed by atoms with Crippen LogP contribution in [-0.2, 0) is 0 Å². The molecule has 5 heteroatoms. The Labute approximate surface area is 106 Å². The summed E-state index contributed by atoms with van der Waals surface area (Å²) in [4.78, 5) is 11.2. The first-order valence-corrected chi connectivity index (χ1v) is 5.54. The van der Waals surface area contributed by atoms with Crippen molar-refractivity contribution in [3.63, 3.8) is 0 Å². The molecule has 0 radical (unpaired) electrons. The monoisotopic (exact) mass is 260 g/mol. The number of fused-ring (bicyclic) bond motifs is 3.